The highest BCUT2D eigenvalue weighted by atomic mass is 79.9. The third-order valence-electron chi connectivity index (χ3n) is 4.78. The van der Waals surface area contributed by atoms with Crippen LogP contribution < -0.4 is 10.6 Å². The van der Waals surface area contributed by atoms with Crippen LogP contribution in [0.5, 0.6) is 0 Å². The molecule has 4 heteroatoms. The van der Waals surface area contributed by atoms with Gasteiger partial charge in [0.15, 0.2) is 6.54 Å². The second kappa shape index (κ2) is 8.68. The molecule has 122 valence electrons. The number of nitrogens with two attached hydrogens (primary N) is 1. The minimum Gasteiger partial charge on any atom is -0.348 e. The quantitative estimate of drug-likeness (QED) is 0.796. The van der Waals surface area contributed by atoms with Crippen molar-refractivity contribution in [2.75, 3.05) is 6.54 Å². The van der Waals surface area contributed by atoms with Crippen molar-refractivity contribution in [1.29, 1.82) is 0 Å². The van der Waals surface area contributed by atoms with Crippen molar-refractivity contribution in [3.8, 4) is 0 Å². The summed E-state index contributed by atoms with van der Waals surface area (Å²) in [6, 6.07) is 9.13. The number of quaternary nitrogens is 1. The van der Waals surface area contributed by atoms with E-state index in [4.69, 9.17) is 0 Å². The lowest BCUT2D eigenvalue weighted by Gasteiger charge is -2.29. The summed E-state index contributed by atoms with van der Waals surface area (Å²) in [5, 5.41) is 5.39. The molecule has 1 fully saturated rings. The monoisotopic (exact) mass is 367 g/mol. The number of halogens is 1. The van der Waals surface area contributed by atoms with E-state index in [1.54, 1.807) is 0 Å². The lowest BCUT2D eigenvalue weighted by molar-refractivity contribution is -0.686. The molecule has 1 aromatic carbocycles. The van der Waals surface area contributed by atoms with Gasteiger partial charge in [0.2, 0.25) is 0 Å². The fourth-order valence-corrected chi connectivity index (χ4v) is 3.56. The zero-order valence-corrected chi connectivity index (χ0v) is 15.2. The summed E-state index contributed by atoms with van der Waals surface area (Å²) < 4.78 is 1.09. The first-order valence-corrected chi connectivity index (χ1v) is 9.27. The molecule has 1 aromatic rings. The van der Waals surface area contributed by atoms with Crippen molar-refractivity contribution in [1.82, 2.24) is 5.32 Å². The number of benzene rings is 1. The Balaban J connectivity index is 1.82. The number of rotatable bonds is 6. The third kappa shape index (κ3) is 5.10. The summed E-state index contributed by atoms with van der Waals surface area (Å²) in [6.45, 7) is 4.94. The van der Waals surface area contributed by atoms with Crippen molar-refractivity contribution in [3.05, 3.63) is 34.3 Å². The molecule has 0 unspecified atom stereocenters. The van der Waals surface area contributed by atoms with Crippen LogP contribution in [0.4, 0.5) is 0 Å². The molecule has 0 aliphatic heterocycles. The Bertz CT molecular complexity index is 474. The molecule has 22 heavy (non-hydrogen) atoms. The van der Waals surface area contributed by atoms with E-state index < -0.39 is 0 Å². The molecule has 0 radical (unpaired) electrons. The van der Waals surface area contributed by atoms with Gasteiger partial charge in [-0.1, -0.05) is 54.8 Å². The lowest BCUT2D eigenvalue weighted by atomic mass is 9.86. The van der Waals surface area contributed by atoms with Crippen LogP contribution in [-0.2, 0) is 4.79 Å². The fourth-order valence-electron chi connectivity index (χ4n) is 3.29. The van der Waals surface area contributed by atoms with Crippen LogP contribution in [0.15, 0.2) is 28.7 Å². The first-order chi connectivity index (χ1) is 10.6. The maximum Gasteiger partial charge on any atom is 0.275 e. The van der Waals surface area contributed by atoms with E-state index in [2.05, 4.69) is 64.7 Å². The van der Waals surface area contributed by atoms with Crippen LogP contribution >= 0.6 is 15.9 Å². The van der Waals surface area contributed by atoms with E-state index in [0.717, 1.165) is 17.3 Å². The van der Waals surface area contributed by atoms with E-state index in [-0.39, 0.29) is 5.91 Å². The van der Waals surface area contributed by atoms with Gasteiger partial charge in [0.05, 0.1) is 0 Å². The molecule has 1 aliphatic carbocycles. The van der Waals surface area contributed by atoms with Crippen molar-refractivity contribution < 1.29 is 10.1 Å². The molecule has 3 atom stereocenters. The Hall–Kier alpha value is -0.870. The molecule has 1 aliphatic rings. The highest BCUT2D eigenvalue weighted by Crippen LogP contribution is 2.23. The molecule has 1 saturated carbocycles. The molecule has 2 rings (SSSR count). The number of amides is 1. The van der Waals surface area contributed by atoms with Gasteiger partial charge in [-0.15, -0.1) is 0 Å². The van der Waals surface area contributed by atoms with Gasteiger partial charge in [-0.2, -0.15) is 0 Å². The first kappa shape index (κ1) is 17.5. The SMILES string of the molecule is CC[C@@H]([NH2+]CC(=O)N[C@@H]1CCCC[C@@H]1C)c1ccc(Br)cc1. The van der Waals surface area contributed by atoms with Gasteiger partial charge < -0.3 is 10.6 Å². The molecule has 0 aromatic heterocycles. The van der Waals surface area contributed by atoms with Crippen LogP contribution in [0.2, 0.25) is 0 Å². The Morgan fingerprint density at radius 3 is 2.64 bits per heavy atom. The standard InChI is InChI=1S/C18H27BrN2O/c1-3-16(14-8-10-15(19)11-9-14)20-12-18(22)21-17-7-5-4-6-13(17)2/h8-11,13,16-17,20H,3-7,12H2,1-2H3,(H,21,22)/p+1/t13-,16+,17+/m0/s1. The maximum absolute atomic E-state index is 12.2. The Kier molecular flexibility index (Phi) is 6.90. The van der Waals surface area contributed by atoms with Crippen LogP contribution in [-0.4, -0.2) is 18.5 Å². The normalized spacial score (nSPS) is 23.0. The van der Waals surface area contributed by atoms with Gasteiger partial charge in [-0.3, -0.25) is 4.79 Å². The predicted octanol–water partition coefficient (Wildman–Crippen LogP) is 3.16. The van der Waals surface area contributed by atoms with E-state index in [1.165, 1.54) is 24.8 Å². The van der Waals surface area contributed by atoms with Gasteiger partial charge in [0.25, 0.3) is 5.91 Å². The van der Waals surface area contributed by atoms with Gasteiger partial charge in [-0.25, -0.2) is 0 Å². The lowest BCUT2D eigenvalue weighted by Crippen LogP contribution is -2.87. The zero-order chi connectivity index (χ0) is 15.9. The van der Waals surface area contributed by atoms with Crippen molar-refractivity contribution in [2.45, 2.75) is 58.0 Å². The number of carbonyl (C=O) groups is 1. The molecule has 3 N–H and O–H groups in total. The summed E-state index contributed by atoms with van der Waals surface area (Å²) >= 11 is 3.47. The summed E-state index contributed by atoms with van der Waals surface area (Å²) in [7, 11) is 0. The minimum atomic E-state index is 0.175. The van der Waals surface area contributed by atoms with Crippen LogP contribution in [0.1, 0.15) is 57.6 Å². The maximum atomic E-state index is 12.2. The molecule has 1 amide bonds. The minimum absolute atomic E-state index is 0.175. The Morgan fingerprint density at radius 1 is 1.32 bits per heavy atom. The molecule has 0 heterocycles. The number of hydrogen-bond acceptors (Lipinski definition) is 1. The van der Waals surface area contributed by atoms with Crippen molar-refractivity contribution in [3.63, 3.8) is 0 Å². The summed E-state index contributed by atoms with van der Waals surface area (Å²) in [6.07, 6.45) is 5.95. The molecule has 0 spiro atoms. The zero-order valence-electron chi connectivity index (χ0n) is 13.6. The van der Waals surface area contributed by atoms with Gasteiger partial charge in [-0.05, 0) is 30.9 Å². The largest absolute Gasteiger partial charge is 0.348 e. The molecular formula is C18H28BrN2O+. The summed E-state index contributed by atoms with van der Waals surface area (Å²) in [4.78, 5) is 12.2. The van der Waals surface area contributed by atoms with Crippen molar-refractivity contribution >= 4 is 21.8 Å². The smallest absolute Gasteiger partial charge is 0.275 e. The van der Waals surface area contributed by atoms with Gasteiger partial charge in [0.1, 0.15) is 6.04 Å². The average Bonchev–Trinajstić information content (AvgIpc) is 2.52. The fraction of sp³-hybridized carbons (Fsp3) is 0.611. The second-order valence-corrected chi connectivity index (χ2v) is 7.36. The van der Waals surface area contributed by atoms with E-state index in [9.17, 15) is 4.79 Å². The second-order valence-electron chi connectivity index (χ2n) is 6.44. The Morgan fingerprint density at radius 2 is 2.00 bits per heavy atom. The van der Waals surface area contributed by atoms with Gasteiger partial charge >= 0.3 is 0 Å². The molecule has 3 nitrogen and oxygen atoms in total. The molecule has 0 bridgehead atoms. The van der Waals surface area contributed by atoms with Gasteiger partial charge in [0, 0.05) is 22.5 Å². The van der Waals surface area contributed by atoms with Crippen molar-refractivity contribution in [2.24, 2.45) is 5.92 Å². The number of hydrogen-bond donors (Lipinski definition) is 2. The molecular weight excluding hydrogens is 340 g/mol. The highest BCUT2D eigenvalue weighted by Gasteiger charge is 2.23. The first-order valence-electron chi connectivity index (χ1n) is 8.48. The van der Waals surface area contributed by atoms with Crippen LogP contribution in [0, 0.1) is 5.92 Å². The Labute approximate surface area is 142 Å². The number of carbonyl (C=O) groups excluding carboxylic acids is 1. The van der Waals surface area contributed by atoms with E-state index in [1.807, 2.05) is 0 Å². The number of nitrogens with one attached hydrogen (secondary N) is 1. The summed E-state index contributed by atoms with van der Waals surface area (Å²) in [5.74, 6) is 0.792. The molecule has 0 saturated heterocycles. The van der Waals surface area contributed by atoms with Crippen LogP contribution in [0.3, 0.4) is 0 Å². The topological polar surface area (TPSA) is 45.7 Å². The predicted molar refractivity (Wildman–Crippen MR) is 93.5 cm³/mol. The average molecular weight is 368 g/mol. The van der Waals surface area contributed by atoms with E-state index in [0.29, 0.717) is 24.5 Å². The third-order valence-corrected chi connectivity index (χ3v) is 5.31. The van der Waals surface area contributed by atoms with Crippen LogP contribution in [0.25, 0.3) is 0 Å². The van der Waals surface area contributed by atoms with E-state index >= 15 is 0 Å². The highest BCUT2D eigenvalue weighted by molar-refractivity contribution is 9.10. The summed E-state index contributed by atoms with van der Waals surface area (Å²) in [5.41, 5.74) is 1.28.